The third kappa shape index (κ3) is 1.78. The highest BCUT2D eigenvalue weighted by Crippen LogP contribution is 2.07. The van der Waals surface area contributed by atoms with Crippen molar-refractivity contribution in [1.82, 2.24) is 11.1 Å². The number of nitrogens with zero attached hydrogens (tertiary/aromatic N) is 1. The van der Waals surface area contributed by atoms with Crippen molar-refractivity contribution in [1.29, 1.82) is 0 Å². The number of benzene rings is 1. The van der Waals surface area contributed by atoms with Crippen molar-refractivity contribution in [3.05, 3.63) is 42.6 Å². The Labute approximate surface area is 70.9 Å². The molecule has 0 bridgehead atoms. The molecular weight excluding hydrogens is 152 g/mol. The molecule has 1 heterocycles. The second-order valence-corrected chi connectivity index (χ2v) is 2.20. The smallest absolute Gasteiger partial charge is 0.0701 e. The van der Waals surface area contributed by atoms with Gasteiger partial charge in [0.1, 0.15) is 0 Å². The maximum Gasteiger partial charge on any atom is 0.0701 e. The molecule has 2 aromatic rings. The maximum atomic E-state index is 4.18. The predicted octanol–water partition coefficient (Wildman–Crippen LogP) is 1.57. The van der Waals surface area contributed by atoms with Gasteiger partial charge in [-0.15, -0.1) is 0 Å². The van der Waals surface area contributed by atoms with E-state index in [1.807, 2.05) is 30.5 Å². The van der Waals surface area contributed by atoms with Gasteiger partial charge in [-0.25, -0.2) is 0 Å². The molecule has 0 saturated heterocycles. The van der Waals surface area contributed by atoms with Crippen LogP contribution in [0.2, 0.25) is 0 Å². The zero-order chi connectivity index (χ0) is 6.81. The van der Waals surface area contributed by atoms with E-state index in [1.165, 1.54) is 5.39 Å². The number of hydrogen-bond acceptors (Lipinski definition) is 2. The van der Waals surface area contributed by atoms with E-state index >= 15 is 0 Å². The quantitative estimate of drug-likeness (QED) is 0.641. The van der Waals surface area contributed by atoms with Crippen LogP contribution in [0.15, 0.2) is 42.6 Å². The monoisotopic (exact) mass is 164 g/mol. The molecule has 2 rings (SSSR count). The van der Waals surface area contributed by atoms with Gasteiger partial charge < -0.3 is 11.6 Å². The molecular formula is C9H12N2O. The summed E-state index contributed by atoms with van der Waals surface area (Å²) in [5.74, 6) is 0. The summed E-state index contributed by atoms with van der Waals surface area (Å²) in [6.45, 7) is 0. The Morgan fingerprint density at radius 1 is 0.917 bits per heavy atom. The van der Waals surface area contributed by atoms with Crippen molar-refractivity contribution < 1.29 is 5.48 Å². The molecule has 0 amide bonds. The average molecular weight is 164 g/mol. The lowest BCUT2D eigenvalue weighted by molar-refractivity contribution is 0.824. The van der Waals surface area contributed by atoms with E-state index in [0.717, 1.165) is 5.52 Å². The minimum atomic E-state index is 0. The number of hydrogen-bond donors (Lipinski definition) is 1. The van der Waals surface area contributed by atoms with Crippen LogP contribution in [0.25, 0.3) is 10.9 Å². The predicted molar refractivity (Wildman–Crippen MR) is 50.4 cm³/mol. The molecule has 3 nitrogen and oxygen atoms in total. The zero-order valence-corrected chi connectivity index (χ0v) is 6.70. The first-order valence-corrected chi connectivity index (χ1v) is 3.26. The van der Waals surface area contributed by atoms with E-state index in [1.54, 1.807) is 0 Å². The molecule has 12 heavy (non-hydrogen) atoms. The largest absolute Gasteiger partial charge is 0.412 e. The van der Waals surface area contributed by atoms with Gasteiger partial charge in [0.05, 0.1) is 5.52 Å². The van der Waals surface area contributed by atoms with Gasteiger partial charge in [0.25, 0.3) is 0 Å². The summed E-state index contributed by atoms with van der Waals surface area (Å²) in [6, 6.07) is 12.1. The van der Waals surface area contributed by atoms with Gasteiger partial charge in [-0.05, 0) is 12.1 Å². The van der Waals surface area contributed by atoms with E-state index < -0.39 is 0 Å². The number of fused-ring (bicyclic) bond motifs is 1. The third-order valence-electron chi connectivity index (χ3n) is 1.51. The van der Waals surface area contributed by atoms with E-state index in [-0.39, 0.29) is 11.6 Å². The third-order valence-corrected chi connectivity index (χ3v) is 1.51. The van der Waals surface area contributed by atoms with E-state index in [0.29, 0.717) is 0 Å². The number of aromatic nitrogens is 1. The summed E-state index contributed by atoms with van der Waals surface area (Å²) in [7, 11) is 0. The van der Waals surface area contributed by atoms with Crippen LogP contribution in [-0.2, 0) is 0 Å². The van der Waals surface area contributed by atoms with Crippen LogP contribution in [0.1, 0.15) is 0 Å². The molecule has 0 aliphatic rings. The molecule has 0 atom stereocenters. The first kappa shape index (κ1) is 10.6. The van der Waals surface area contributed by atoms with Gasteiger partial charge in [0.15, 0.2) is 0 Å². The molecule has 0 unspecified atom stereocenters. The van der Waals surface area contributed by atoms with Crippen molar-refractivity contribution in [3.63, 3.8) is 0 Å². The number of para-hydroxylation sites is 1. The van der Waals surface area contributed by atoms with Crippen molar-refractivity contribution in [2.75, 3.05) is 0 Å². The van der Waals surface area contributed by atoms with E-state index in [4.69, 9.17) is 0 Å². The molecule has 1 aromatic heterocycles. The molecule has 0 saturated carbocycles. The van der Waals surface area contributed by atoms with Crippen LogP contribution in [0, 0.1) is 0 Å². The summed E-state index contributed by atoms with van der Waals surface area (Å²) >= 11 is 0. The fraction of sp³-hybridized carbons (Fsp3) is 0. The van der Waals surface area contributed by atoms with Gasteiger partial charge in [0, 0.05) is 11.6 Å². The SMILES string of the molecule is N.O.c1ccc2ncccc2c1. The van der Waals surface area contributed by atoms with Crippen LogP contribution >= 0.6 is 0 Å². The van der Waals surface area contributed by atoms with Crippen LogP contribution in [0.4, 0.5) is 0 Å². The summed E-state index contributed by atoms with van der Waals surface area (Å²) in [6.07, 6.45) is 1.81. The lowest BCUT2D eigenvalue weighted by atomic mass is 10.2. The van der Waals surface area contributed by atoms with Gasteiger partial charge in [-0.3, -0.25) is 4.98 Å². The zero-order valence-electron chi connectivity index (χ0n) is 6.70. The van der Waals surface area contributed by atoms with E-state index in [9.17, 15) is 0 Å². The average Bonchev–Trinajstić information content (AvgIpc) is 2.05. The summed E-state index contributed by atoms with van der Waals surface area (Å²) < 4.78 is 0. The maximum absolute atomic E-state index is 4.18. The fourth-order valence-electron chi connectivity index (χ4n) is 1.02. The summed E-state index contributed by atoms with van der Waals surface area (Å²) in [5, 5.41) is 1.20. The van der Waals surface area contributed by atoms with E-state index in [2.05, 4.69) is 17.1 Å². The topological polar surface area (TPSA) is 79.4 Å². The van der Waals surface area contributed by atoms with Crippen molar-refractivity contribution in [3.8, 4) is 0 Å². The van der Waals surface area contributed by atoms with Gasteiger partial charge >= 0.3 is 0 Å². The molecule has 0 aliphatic heterocycles. The second-order valence-electron chi connectivity index (χ2n) is 2.20. The van der Waals surface area contributed by atoms with Crippen LogP contribution in [0.3, 0.4) is 0 Å². The molecule has 5 N–H and O–H groups in total. The van der Waals surface area contributed by atoms with Crippen LogP contribution in [0.5, 0.6) is 0 Å². The Balaban J connectivity index is 0.000000605. The Kier molecular flexibility index (Phi) is 3.90. The molecule has 3 heteroatoms. The summed E-state index contributed by atoms with van der Waals surface area (Å²) in [5.41, 5.74) is 1.06. The highest BCUT2D eigenvalue weighted by molar-refractivity contribution is 5.77. The Morgan fingerprint density at radius 2 is 1.58 bits per heavy atom. The lowest BCUT2D eigenvalue weighted by Crippen LogP contribution is -1.73. The Hall–Kier alpha value is -1.45. The lowest BCUT2D eigenvalue weighted by Gasteiger charge is -1.91. The minimum absolute atomic E-state index is 0. The van der Waals surface area contributed by atoms with Crippen molar-refractivity contribution >= 4 is 10.9 Å². The molecule has 0 spiro atoms. The van der Waals surface area contributed by atoms with Gasteiger partial charge in [0.2, 0.25) is 0 Å². The standard InChI is InChI=1S/C9H7N.H3N.H2O/c1-2-6-9-8(4-1)5-3-7-10-9;;/h1-7H;1H3;1H2. The first-order valence-electron chi connectivity index (χ1n) is 3.26. The summed E-state index contributed by atoms with van der Waals surface area (Å²) in [4.78, 5) is 4.18. The number of pyridine rings is 1. The van der Waals surface area contributed by atoms with Crippen LogP contribution in [-0.4, -0.2) is 10.5 Å². The molecule has 0 radical (unpaired) electrons. The normalized spacial score (nSPS) is 8.33. The van der Waals surface area contributed by atoms with Gasteiger partial charge in [-0.2, -0.15) is 0 Å². The highest BCUT2D eigenvalue weighted by atomic mass is 16.0. The van der Waals surface area contributed by atoms with Crippen molar-refractivity contribution in [2.45, 2.75) is 0 Å². The number of rotatable bonds is 0. The molecule has 0 aliphatic carbocycles. The molecule has 0 fully saturated rings. The van der Waals surface area contributed by atoms with Crippen LogP contribution < -0.4 is 6.15 Å². The Bertz CT molecular complexity index is 284. The minimum Gasteiger partial charge on any atom is -0.412 e. The second kappa shape index (κ2) is 4.43. The highest BCUT2D eigenvalue weighted by Gasteiger charge is 1.86. The van der Waals surface area contributed by atoms with Crippen molar-refractivity contribution in [2.24, 2.45) is 0 Å². The molecule has 1 aromatic carbocycles. The Morgan fingerprint density at radius 3 is 2.33 bits per heavy atom. The molecule has 64 valence electrons. The fourth-order valence-corrected chi connectivity index (χ4v) is 1.02. The first-order chi connectivity index (χ1) is 4.97. The van der Waals surface area contributed by atoms with Gasteiger partial charge in [-0.1, -0.05) is 24.3 Å².